The third-order valence-electron chi connectivity index (χ3n) is 9.10. The largest absolute Gasteiger partial charge is 0.309 e. The number of para-hydroxylation sites is 3. The lowest BCUT2D eigenvalue weighted by molar-refractivity contribution is 0.690. The molecule has 0 fully saturated rings. The topological polar surface area (TPSA) is 4.93 Å². The van der Waals surface area contributed by atoms with Crippen LogP contribution in [0, 0.1) is 13.8 Å². The number of benzene rings is 6. The maximum atomic E-state index is 2.51. The summed E-state index contributed by atoms with van der Waals surface area (Å²) in [5.41, 5.74) is 14.0. The van der Waals surface area contributed by atoms with E-state index in [1.807, 2.05) is 11.8 Å². The van der Waals surface area contributed by atoms with Gasteiger partial charge >= 0.3 is 0 Å². The van der Waals surface area contributed by atoms with Crippen molar-refractivity contribution in [2.45, 2.75) is 29.1 Å². The summed E-state index contributed by atoms with van der Waals surface area (Å²) in [5, 5.41) is 2.62. The number of fused-ring (bicyclic) bond motifs is 11. The Morgan fingerprint density at radius 3 is 2.07 bits per heavy atom. The van der Waals surface area contributed by atoms with E-state index in [0.29, 0.717) is 0 Å². The van der Waals surface area contributed by atoms with Crippen LogP contribution in [0.1, 0.15) is 33.4 Å². The summed E-state index contributed by atoms with van der Waals surface area (Å²) in [4.78, 5) is 2.66. The highest BCUT2D eigenvalue weighted by molar-refractivity contribution is 7.99. The molecule has 2 heteroatoms. The van der Waals surface area contributed by atoms with Crippen LogP contribution in [0.5, 0.6) is 0 Å². The van der Waals surface area contributed by atoms with E-state index in [1.165, 1.54) is 81.8 Å². The average Bonchev–Trinajstić information content (AvgIpc) is 3.34. The Labute approximate surface area is 244 Å². The maximum absolute atomic E-state index is 2.51. The lowest BCUT2D eigenvalue weighted by Crippen LogP contribution is -2.37. The number of hydrogen-bond acceptors (Lipinski definition) is 1. The molecule has 1 atom stereocenters. The predicted octanol–water partition coefficient (Wildman–Crippen LogP) is 10.2. The van der Waals surface area contributed by atoms with Crippen LogP contribution >= 0.6 is 11.8 Å². The third-order valence-corrected chi connectivity index (χ3v) is 10.2. The summed E-state index contributed by atoms with van der Waals surface area (Å²) in [6, 6.07) is 48.0. The van der Waals surface area contributed by atoms with Crippen molar-refractivity contribution in [3.8, 4) is 16.8 Å². The summed E-state index contributed by atoms with van der Waals surface area (Å²) >= 11 is 1.90. The van der Waals surface area contributed by atoms with Gasteiger partial charge in [0.05, 0.1) is 22.1 Å². The van der Waals surface area contributed by atoms with Gasteiger partial charge in [-0.25, -0.2) is 0 Å². The van der Waals surface area contributed by atoms with Crippen LogP contribution in [0.2, 0.25) is 0 Å². The Bertz CT molecular complexity index is 2200. The minimum Gasteiger partial charge on any atom is -0.309 e. The van der Waals surface area contributed by atoms with E-state index < -0.39 is 5.41 Å². The molecule has 0 N–H and O–H groups in total. The molecule has 0 saturated carbocycles. The maximum Gasteiger partial charge on any atom is 0.0764 e. The van der Waals surface area contributed by atoms with Gasteiger partial charge in [0, 0.05) is 20.6 Å². The summed E-state index contributed by atoms with van der Waals surface area (Å²) in [6.45, 7) is 4.39. The van der Waals surface area contributed by atoms with Crippen molar-refractivity contribution in [3.63, 3.8) is 0 Å². The van der Waals surface area contributed by atoms with Crippen LogP contribution in [-0.4, -0.2) is 4.57 Å². The van der Waals surface area contributed by atoms with Crippen LogP contribution in [0.15, 0.2) is 137 Å². The highest BCUT2D eigenvalue weighted by atomic mass is 32.2. The number of aromatic nitrogens is 1. The van der Waals surface area contributed by atoms with E-state index >= 15 is 0 Å². The number of hydrogen-bond donors (Lipinski definition) is 0. The Balaban J connectivity index is 1.49. The normalized spacial score (nSPS) is 16.5. The molecule has 41 heavy (non-hydrogen) atoms. The zero-order valence-electron chi connectivity index (χ0n) is 23.0. The van der Waals surface area contributed by atoms with Crippen molar-refractivity contribution >= 4 is 33.6 Å². The van der Waals surface area contributed by atoms with Gasteiger partial charge in [0.25, 0.3) is 0 Å². The zero-order valence-corrected chi connectivity index (χ0v) is 23.8. The van der Waals surface area contributed by atoms with Crippen molar-refractivity contribution in [2.75, 3.05) is 0 Å². The van der Waals surface area contributed by atoms with Gasteiger partial charge in [-0.1, -0.05) is 120 Å². The molecule has 1 aromatic heterocycles. The molecule has 2 aliphatic heterocycles. The molecule has 0 amide bonds. The smallest absolute Gasteiger partial charge is 0.0764 e. The molecule has 3 heterocycles. The van der Waals surface area contributed by atoms with Gasteiger partial charge in [0.1, 0.15) is 0 Å². The highest BCUT2D eigenvalue weighted by Gasteiger charge is 2.49. The second kappa shape index (κ2) is 8.25. The first-order chi connectivity index (χ1) is 20.1. The number of rotatable bonds is 1. The molecule has 0 saturated heterocycles. The van der Waals surface area contributed by atoms with Crippen LogP contribution in [0.4, 0.5) is 0 Å². The van der Waals surface area contributed by atoms with E-state index in [0.717, 1.165) is 0 Å². The first-order valence-electron chi connectivity index (χ1n) is 14.3. The Kier molecular flexibility index (Phi) is 4.67. The fraction of sp³-hybridized carbons (Fsp3) is 0.0769. The van der Waals surface area contributed by atoms with Crippen molar-refractivity contribution in [1.29, 1.82) is 0 Å². The molecular weight excluding hydrogens is 515 g/mol. The second-order valence-corrected chi connectivity index (χ2v) is 12.6. The van der Waals surface area contributed by atoms with Crippen LogP contribution in [0.3, 0.4) is 0 Å². The van der Waals surface area contributed by atoms with E-state index in [4.69, 9.17) is 0 Å². The van der Waals surface area contributed by atoms with Crippen molar-refractivity contribution < 1.29 is 0 Å². The quantitative estimate of drug-likeness (QED) is 0.200. The van der Waals surface area contributed by atoms with E-state index in [-0.39, 0.29) is 0 Å². The van der Waals surface area contributed by atoms with Crippen LogP contribution in [0.25, 0.3) is 38.6 Å². The third kappa shape index (κ3) is 2.98. The average molecular weight is 542 g/mol. The molecule has 1 nitrogen and oxygen atoms in total. The second-order valence-electron chi connectivity index (χ2n) is 11.5. The fourth-order valence-corrected chi connectivity index (χ4v) is 8.82. The molecule has 194 valence electrons. The fourth-order valence-electron chi connectivity index (χ4n) is 7.64. The summed E-state index contributed by atoms with van der Waals surface area (Å²) in [7, 11) is 0. The van der Waals surface area contributed by atoms with Crippen LogP contribution < -0.4 is 0 Å². The predicted molar refractivity (Wildman–Crippen MR) is 172 cm³/mol. The molecule has 0 aliphatic carbocycles. The van der Waals surface area contributed by atoms with E-state index in [1.54, 1.807) is 0 Å². The number of nitrogens with zero attached hydrogens (tertiary/aromatic N) is 1. The van der Waals surface area contributed by atoms with E-state index in [2.05, 4.69) is 146 Å². The molecule has 1 unspecified atom stereocenters. The molecule has 0 bridgehead atoms. The monoisotopic (exact) mass is 541 g/mol. The van der Waals surface area contributed by atoms with E-state index in [9.17, 15) is 0 Å². The van der Waals surface area contributed by atoms with Gasteiger partial charge in [-0.2, -0.15) is 0 Å². The molecule has 2 aliphatic rings. The first kappa shape index (κ1) is 23.2. The van der Waals surface area contributed by atoms with Crippen LogP contribution in [-0.2, 0) is 5.41 Å². The molecule has 9 rings (SSSR count). The van der Waals surface area contributed by atoms with Crippen molar-refractivity contribution in [2.24, 2.45) is 0 Å². The highest BCUT2D eigenvalue weighted by Crippen LogP contribution is 2.60. The standard InChI is InChI=1S/C39H27NS/c1-24-20-25(2)22-27(21-24)26-18-19-37-33(23-26)39(31-13-5-8-17-36(31)41-37)30-12-4-7-16-35(30)40-34-15-6-3-10-28(34)29-11-9-14-32(39)38(29)40/h3-23H,1-2H3. The van der Waals surface area contributed by atoms with Gasteiger partial charge in [-0.15, -0.1) is 0 Å². The molecular formula is C39H27NS. The molecule has 0 radical (unpaired) electrons. The lowest BCUT2D eigenvalue weighted by atomic mass is 9.62. The minimum atomic E-state index is -0.438. The SMILES string of the molecule is Cc1cc(C)cc(-c2ccc3c(c2)C2(c4ccccc4S3)c3ccccc3-n3c4ccccc4c4cccc2c43)c1. The first-order valence-corrected chi connectivity index (χ1v) is 15.1. The Morgan fingerprint density at radius 1 is 0.512 bits per heavy atom. The minimum absolute atomic E-state index is 0.438. The number of aryl methyl sites for hydroxylation is 2. The van der Waals surface area contributed by atoms with Gasteiger partial charge in [0.2, 0.25) is 0 Å². The van der Waals surface area contributed by atoms with Gasteiger partial charge in [-0.3, -0.25) is 0 Å². The molecule has 6 aromatic carbocycles. The van der Waals surface area contributed by atoms with Gasteiger partial charge in [0.15, 0.2) is 0 Å². The zero-order chi connectivity index (χ0) is 27.3. The molecule has 7 aromatic rings. The lowest BCUT2D eigenvalue weighted by Gasteiger charge is -2.45. The van der Waals surface area contributed by atoms with Gasteiger partial charge < -0.3 is 4.57 Å². The summed E-state index contributed by atoms with van der Waals surface area (Å²) < 4.78 is 2.51. The van der Waals surface area contributed by atoms with Crippen molar-refractivity contribution in [1.82, 2.24) is 4.57 Å². The Morgan fingerprint density at radius 2 is 1.20 bits per heavy atom. The Hall–Kier alpha value is -4.53. The molecule has 1 spiro atoms. The summed E-state index contributed by atoms with van der Waals surface area (Å²) in [6.07, 6.45) is 0. The summed E-state index contributed by atoms with van der Waals surface area (Å²) in [5.74, 6) is 0. The van der Waals surface area contributed by atoms with Crippen molar-refractivity contribution in [3.05, 3.63) is 161 Å². The van der Waals surface area contributed by atoms with Gasteiger partial charge in [-0.05, 0) is 77.6 Å².